The van der Waals surface area contributed by atoms with Crippen molar-refractivity contribution >= 4 is 11.5 Å². The fraction of sp³-hybridized carbons (Fsp3) is 0.400. The Labute approximate surface area is 138 Å². The van der Waals surface area contributed by atoms with E-state index in [9.17, 15) is 32.0 Å². The molecule has 0 saturated carbocycles. The fourth-order valence-corrected chi connectivity index (χ4v) is 2.62. The SMILES string of the molecule is Cc1c(C(=O)O)c(C(F)F)nc(C(F)(F)F)c1/C(C#N)=C1/CCCO1. The molecule has 1 aliphatic rings. The minimum atomic E-state index is -5.16. The Balaban J connectivity index is 2.95. The number of allylic oxidation sites excluding steroid dienone is 2. The van der Waals surface area contributed by atoms with Crippen LogP contribution in [0.5, 0.6) is 0 Å². The van der Waals surface area contributed by atoms with E-state index in [1.54, 1.807) is 6.07 Å². The van der Waals surface area contributed by atoms with E-state index in [1.165, 1.54) is 0 Å². The molecule has 1 aromatic rings. The van der Waals surface area contributed by atoms with Gasteiger partial charge in [0, 0.05) is 12.0 Å². The number of ether oxygens (including phenoxy) is 1. The van der Waals surface area contributed by atoms with E-state index in [-0.39, 0.29) is 18.8 Å². The van der Waals surface area contributed by atoms with Gasteiger partial charge < -0.3 is 9.84 Å². The molecule has 2 heterocycles. The molecule has 25 heavy (non-hydrogen) atoms. The third-order valence-electron chi connectivity index (χ3n) is 3.63. The molecule has 0 aromatic carbocycles. The number of halogens is 5. The van der Waals surface area contributed by atoms with Crippen molar-refractivity contribution in [1.29, 1.82) is 5.26 Å². The molecule has 134 valence electrons. The van der Waals surface area contributed by atoms with E-state index in [1.807, 2.05) is 0 Å². The van der Waals surface area contributed by atoms with Gasteiger partial charge in [-0.1, -0.05) is 0 Å². The van der Waals surface area contributed by atoms with Crippen LogP contribution in [0.1, 0.15) is 52.1 Å². The van der Waals surface area contributed by atoms with Gasteiger partial charge in [0.2, 0.25) is 0 Å². The lowest BCUT2D eigenvalue weighted by atomic mass is 9.92. The minimum Gasteiger partial charge on any atom is -0.497 e. The molecule has 0 unspecified atom stereocenters. The van der Waals surface area contributed by atoms with Crippen molar-refractivity contribution < 1.29 is 36.6 Å². The van der Waals surface area contributed by atoms with Crippen LogP contribution in [0.2, 0.25) is 0 Å². The Hall–Kier alpha value is -2.70. The number of hydrogen-bond acceptors (Lipinski definition) is 4. The van der Waals surface area contributed by atoms with Crippen molar-refractivity contribution in [3.05, 3.63) is 33.8 Å². The van der Waals surface area contributed by atoms with E-state index in [0.29, 0.717) is 6.42 Å². The highest BCUT2D eigenvalue weighted by atomic mass is 19.4. The monoisotopic (exact) mass is 362 g/mol. The first-order chi connectivity index (χ1) is 11.6. The average molecular weight is 362 g/mol. The normalized spacial score (nSPS) is 16.6. The van der Waals surface area contributed by atoms with Gasteiger partial charge in [-0.15, -0.1) is 0 Å². The maximum Gasteiger partial charge on any atom is 0.434 e. The number of aromatic carboxylic acids is 1. The van der Waals surface area contributed by atoms with Gasteiger partial charge in [0.1, 0.15) is 17.5 Å². The number of aromatic nitrogens is 1. The molecule has 0 atom stereocenters. The molecule has 0 bridgehead atoms. The lowest BCUT2D eigenvalue weighted by Gasteiger charge is -2.19. The highest BCUT2D eigenvalue weighted by molar-refractivity contribution is 5.94. The van der Waals surface area contributed by atoms with Crippen molar-refractivity contribution in [3.63, 3.8) is 0 Å². The van der Waals surface area contributed by atoms with Crippen molar-refractivity contribution in [2.75, 3.05) is 6.61 Å². The van der Waals surface area contributed by atoms with Gasteiger partial charge in [0.15, 0.2) is 5.69 Å². The number of nitrogens with zero attached hydrogens (tertiary/aromatic N) is 2. The summed E-state index contributed by atoms with van der Waals surface area (Å²) in [6.45, 7) is 1.13. The number of rotatable bonds is 3. The largest absolute Gasteiger partial charge is 0.497 e. The van der Waals surface area contributed by atoms with Crippen LogP contribution < -0.4 is 0 Å². The summed E-state index contributed by atoms with van der Waals surface area (Å²) in [5, 5.41) is 18.4. The highest BCUT2D eigenvalue weighted by Crippen LogP contribution is 2.41. The molecule has 1 saturated heterocycles. The minimum absolute atomic E-state index is 0.0426. The summed E-state index contributed by atoms with van der Waals surface area (Å²) in [6.07, 6.45) is -8.04. The summed E-state index contributed by atoms with van der Waals surface area (Å²) in [4.78, 5) is 14.2. The number of pyridine rings is 1. The van der Waals surface area contributed by atoms with Crippen LogP contribution in [-0.2, 0) is 10.9 Å². The predicted molar refractivity (Wildman–Crippen MR) is 73.6 cm³/mol. The zero-order valence-electron chi connectivity index (χ0n) is 12.7. The number of alkyl halides is 5. The number of carboxylic acid groups (broad SMARTS) is 1. The smallest absolute Gasteiger partial charge is 0.434 e. The summed E-state index contributed by atoms with van der Waals surface area (Å²) in [7, 11) is 0. The molecular weight excluding hydrogens is 351 g/mol. The summed E-state index contributed by atoms with van der Waals surface area (Å²) in [5.41, 5.74) is -6.26. The molecule has 0 aliphatic carbocycles. The van der Waals surface area contributed by atoms with Crippen LogP contribution in [0.3, 0.4) is 0 Å². The maximum atomic E-state index is 13.4. The first-order valence-corrected chi connectivity index (χ1v) is 6.99. The molecule has 0 amide bonds. The van der Waals surface area contributed by atoms with Crippen molar-refractivity contribution in [2.24, 2.45) is 0 Å². The quantitative estimate of drug-likeness (QED) is 0.647. The van der Waals surface area contributed by atoms with Gasteiger partial charge in [0.25, 0.3) is 6.43 Å². The summed E-state index contributed by atoms with van der Waals surface area (Å²) in [5.74, 6) is -1.90. The molecule has 1 fully saturated rings. The maximum absolute atomic E-state index is 13.4. The third kappa shape index (κ3) is 3.40. The Morgan fingerprint density at radius 2 is 2.00 bits per heavy atom. The Morgan fingerprint density at radius 1 is 1.36 bits per heavy atom. The Kier molecular flexibility index (Phi) is 4.97. The lowest BCUT2D eigenvalue weighted by Crippen LogP contribution is -2.20. The number of carboxylic acids is 1. The zero-order chi connectivity index (χ0) is 18.9. The van der Waals surface area contributed by atoms with E-state index >= 15 is 0 Å². The van der Waals surface area contributed by atoms with Crippen molar-refractivity contribution in [3.8, 4) is 6.07 Å². The van der Waals surface area contributed by atoms with Gasteiger partial charge >= 0.3 is 12.1 Å². The van der Waals surface area contributed by atoms with Gasteiger partial charge in [-0.3, -0.25) is 0 Å². The second kappa shape index (κ2) is 6.66. The standard InChI is InChI=1S/C15H11F5N2O3/c1-6-9(7(5-21)8-3-2-4-25-8)12(15(18,19)20)22-11(13(16)17)10(6)14(23)24/h13H,2-4H2,1H3,(H,23,24)/b8-7-. The van der Waals surface area contributed by atoms with Crippen LogP contribution in [0.15, 0.2) is 5.76 Å². The molecule has 0 spiro atoms. The van der Waals surface area contributed by atoms with Crippen LogP contribution in [0.4, 0.5) is 22.0 Å². The second-order valence-corrected chi connectivity index (χ2v) is 5.19. The van der Waals surface area contributed by atoms with Crippen LogP contribution in [-0.4, -0.2) is 22.7 Å². The summed E-state index contributed by atoms with van der Waals surface area (Å²) < 4.78 is 71.3. The average Bonchev–Trinajstić information content (AvgIpc) is 3.01. The molecule has 5 nitrogen and oxygen atoms in total. The number of hydrogen-bond donors (Lipinski definition) is 1. The summed E-state index contributed by atoms with van der Waals surface area (Å²) >= 11 is 0. The fourth-order valence-electron chi connectivity index (χ4n) is 2.62. The van der Waals surface area contributed by atoms with E-state index in [2.05, 4.69) is 4.98 Å². The number of nitriles is 1. The number of carbonyl (C=O) groups is 1. The second-order valence-electron chi connectivity index (χ2n) is 5.19. The first kappa shape index (κ1) is 18.6. The topological polar surface area (TPSA) is 83.2 Å². The van der Waals surface area contributed by atoms with E-state index in [0.717, 1.165) is 6.92 Å². The van der Waals surface area contributed by atoms with E-state index in [4.69, 9.17) is 9.84 Å². The molecule has 1 aromatic heterocycles. The van der Waals surface area contributed by atoms with Gasteiger partial charge in [-0.05, 0) is 18.9 Å². The molecule has 0 radical (unpaired) electrons. The molecule has 1 aliphatic heterocycles. The highest BCUT2D eigenvalue weighted by Gasteiger charge is 2.41. The van der Waals surface area contributed by atoms with Gasteiger partial charge in [0.05, 0.1) is 17.7 Å². The first-order valence-electron chi connectivity index (χ1n) is 6.99. The van der Waals surface area contributed by atoms with Crippen molar-refractivity contribution in [2.45, 2.75) is 32.4 Å². The molecule has 1 N–H and O–H groups in total. The molecular formula is C15H11F5N2O3. The van der Waals surface area contributed by atoms with E-state index < -0.39 is 52.2 Å². The van der Waals surface area contributed by atoms with Crippen molar-refractivity contribution in [1.82, 2.24) is 4.98 Å². The van der Waals surface area contributed by atoms with Gasteiger partial charge in [-0.2, -0.15) is 18.4 Å². The predicted octanol–water partition coefficient (Wildman–Crippen LogP) is 4.09. The Morgan fingerprint density at radius 3 is 2.40 bits per heavy atom. The third-order valence-corrected chi connectivity index (χ3v) is 3.63. The molecule has 2 rings (SSSR count). The lowest BCUT2D eigenvalue weighted by molar-refractivity contribution is -0.141. The van der Waals surface area contributed by atoms with Crippen LogP contribution in [0, 0.1) is 18.3 Å². The van der Waals surface area contributed by atoms with Crippen LogP contribution >= 0.6 is 0 Å². The molecule has 10 heteroatoms. The zero-order valence-corrected chi connectivity index (χ0v) is 12.7. The summed E-state index contributed by atoms with van der Waals surface area (Å²) in [6, 6.07) is 1.56. The Bertz CT molecular complexity index is 786. The van der Waals surface area contributed by atoms with Gasteiger partial charge in [-0.25, -0.2) is 18.6 Å². The van der Waals surface area contributed by atoms with Crippen LogP contribution in [0.25, 0.3) is 5.57 Å².